The molecule has 0 saturated carbocycles. The van der Waals surface area contributed by atoms with Gasteiger partial charge in [0.25, 0.3) is 0 Å². The van der Waals surface area contributed by atoms with Crippen LogP contribution in [0, 0.1) is 0 Å². The lowest BCUT2D eigenvalue weighted by Gasteiger charge is -2.23. The van der Waals surface area contributed by atoms with Crippen molar-refractivity contribution in [3.8, 4) is 0 Å². The number of aromatic nitrogens is 1. The molecule has 0 amide bonds. The molecule has 0 saturated heterocycles. The summed E-state index contributed by atoms with van der Waals surface area (Å²) in [6, 6.07) is 14.0. The van der Waals surface area contributed by atoms with Gasteiger partial charge >= 0.3 is 5.97 Å². The molecule has 1 aromatic carbocycles. The number of hydrogen-bond donors (Lipinski definition) is 1. The van der Waals surface area contributed by atoms with E-state index in [0.29, 0.717) is 0 Å². The Labute approximate surface area is 155 Å². The number of rotatable bonds is 4. The topological polar surface area (TPSA) is 41.7 Å². The fourth-order valence-electron chi connectivity index (χ4n) is 3.74. The number of aryl methyl sites for hydroxylation is 1. The van der Waals surface area contributed by atoms with Crippen LogP contribution in [0.4, 0.5) is 0 Å². The fraction of sp³-hybridized carbons (Fsp3) is 0.250. The number of carbonyl (C=O) groups is 1. The first-order valence-corrected chi connectivity index (χ1v) is 9.60. The Hall–Kier alpha value is -1.91. The van der Waals surface area contributed by atoms with E-state index in [1.54, 1.807) is 11.8 Å². The van der Waals surface area contributed by atoms with Gasteiger partial charge in [0.2, 0.25) is 0 Å². The highest BCUT2D eigenvalue weighted by Gasteiger charge is 2.30. The zero-order valence-electron chi connectivity index (χ0n) is 13.6. The van der Waals surface area contributed by atoms with Crippen molar-refractivity contribution in [2.75, 3.05) is 0 Å². The number of benzene rings is 1. The monoisotopic (exact) mass is 371 g/mol. The molecule has 1 atom stereocenters. The van der Waals surface area contributed by atoms with Gasteiger partial charge in [0.05, 0.1) is 11.9 Å². The first kappa shape index (κ1) is 16.6. The van der Waals surface area contributed by atoms with Gasteiger partial charge in [0, 0.05) is 26.7 Å². The molecule has 5 heteroatoms. The molecule has 0 fully saturated rings. The van der Waals surface area contributed by atoms with E-state index in [1.807, 2.05) is 36.4 Å². The van der Waals surface area contributed by atoms with Crippen molar-refractivity contribution < 1.29 is 9.90 Å². The Bertz CT molecular complexity index is 933. The smallest absolute Gasteiger partial charge is 0.303 e. The largest absolute Gasteiger partial charge is 0.481 e. The third-order valence-electron chi connectivity index (χ3n) is 4.77. The number of pyridine rings is 1. The molecule has 3 aromatic rings. The second-order valence-electron chi connectivity index (χ2n) is 6.39. The molecular weight excluding hydrogens is 354 g/mol. The van der Waals surface area contributed by atoms with Gasteiger partial charge in [-0.3, -0.25) is 4.79 Å². The van der Waals surface area contributed by atoms with Gasteiger partial charge in [-0.2, -0.15) is 0 Å². The number of aliphatic carboxylic acids is 1. The summed E-state index contributed by atoms with van der Waals surface area (Å²) in [5.74, 6) is -0.647. The molecule has 0 aliphatic heterocycles. The van der Waals surface area contributed by atoms with Gasteiger partial charge in [-0.05, 0) is 67.1 Å². The van der Waals surface area contributed by atoms with Gasteiger partial charge in [0.15, 0.2) is 0 Å². The third kappa shape index (κ3) is 3.16. The number of fused-ring (bicyclic) bond motifs is 3. The van der Waals surface area contributed by atoms with E-state index < -0.39 is 5.97 Å². The van der Waals surface area contributed by atoms with Crippen LogP contribution >= 0.6 is 23.4 Å². The molecule has 0 bridgehead atoms. The van der Waals surface area contributed by atoms with Gasteiger partial charge in [0.1, 0.15) is 0 Å². The number of nitrogens with zero attached hydrogens (tertiary/aromatic N) is 1. The van der Waals surface area contributed by atoms with E-state index in [2.05, 4.69) is 16.7 Å². The van der Waals surface area contributed by atoms with E-state index in [4.69, 9.17) is 11.6 Å². The molecule has 1 aliphatic rings. The molecule has 25 heavy (non-hydrogen) atoms. The first-order chi connectivity index (χ1) is 12.1. The van der Waals surface area contributed by atoms with Crippen LogP contribution in [0.2, 0.25) is 5.02 Å². The van der Waals surface area contributed by atoms with Crippen LogP contribution in [0.25, 0.3) is 5.52 Å². The van der Waals surface area contributed by atoms with Gasteiger partial charge in [-0.15, -0.1) is 0 Å². The number of carboxylic acids is 1. The third-order valence-corrected chi connectivity index (χ3v) is 6.16. The molecule has 0 spiro atoms. The Kier molecular flexibility index (Phi) is 4.48. The summed E-state index contributed by atoms with van der Waals surface area (Å²) in [4.78, 5) is 13.7. The summed E-state index contributed by atoms with van der Waals surface area (Å²) < 4.78 is 2.24. The highest BCUT2D eigenvalue weighted by molar-refractivity contribution is 7.99. The summed E-state index contributed by atoms with van der Waals surface area (Å²) in [5, 5.41) is 10.1. The number of halogens is 1. The molecular formula is C20H18ClNO2S. The molecule has 1 N–H and O–H groups in total. The van der Waals surface area contributed by atoms with Crippen LogP contribution in [0.15, 0.2) is 58.5 Å². The average molecular weight is 372 g/mol. The normalized spacial score (nSPS) is 16.8. The lowest BCUT2D eigenvalue weighted by Crippen LogP contribution is -2.14. The molecule has 1 unspecified atom stereocenters. The molecule has 2 heterocycles. The van der Waals surface area contributed by atoms with Crippen LogP contribution < -0.4 is 0 Å². The SMILES string of the molecule is O=C(O)CC1CCCc2c1c(Sc1ccc(Cl)cc1)c1ccccn21. The predicted molar refractivity (Wildman–Crippen MR) is 101 cm³/mol. The molecule has 128 valence electrons. The van der Waals surface area contributed by atoms with E-state index in [-0.39, 0.29) is 12.3 Å². The summed E-state index contributed by atoms with van der Waals surface area (Å²) in [7, 11) is 0. The maximum atomic E-state index is 11.4. The minimum Gasteiger partial charge on any atom is -0.481 e. The lowest BCUT2D eigenvalue weighted by atomic mass is 9.84. The second-order valence-corrected chi connectivity index (χ2v) is 7.91. The van der Waals surface area contributed by atoms with Crippen LogP contribution in [-0.2, 0) is 11.2 Å². The average Bonchev–Trinajstić information content (AvgIpc) is 2.92. The fourth-order valence-corrected chi connectivity index (χ4v) is 5.04. The summed E-state index contributed by atoms with van der Waals surface area (Å²) in [6.07, 6.45) is 5.25. The minimum atomic E-state index is -0.726. The minimum absolute atomic E-state index is 0.0796. The van der Waals surface area contributed by atoms with Crippen LogP contribution in [0.5, 0.6) is 0 Å². The molecule has 3 nitrogen and oxygen atoms in total. The van der Waals surface area contributed by atoms with Crippen molar-refractivity contribution in [1.82, 2.24) is 4.40 Å². The van der Waals surface area contributed by atoms with Gasteiger partial charge in [-0.25, -0.2) is 0 Å². The van der Waals surface area contributed by atoms with Gasteiger partial charge in [-0.1, -0.05) is 29.4 Å². The maximum absolute atomic E-state index is 11.4. The second kappa shape index (κ2) is 6.77. The lowest BCUT2D eigenvalue weighted by molar-refractivity contribution is -0.137. The van der Waals surface area contributed by atoms with Crippen LogP contribution in [-0.4, -0.2) is 15.5 Å². The van der Waals surface area contributed by atoms with Crippen LogP contribution in [0.1, 0.15) is 36.4 Å². The zero-order valence-corrected chi connectivity index (χ0v) is 15.2. The van der Waals surface area contributed by atoms with E-state index in [0.717, 1.165) is 34.7 Å². The Balaban J connectivity index is 1.86. The number of carboxylic acid groups (broad SMARTS) is 1. The quantitative estimate of drug-likeness (QED) is 0.645. The zero-order chi connectivity index (χ0) is 17.4. The first-order valence-electron chi connectivity index (χ1n) is 8.40. The van der Waals surface area contributed by atoms with Crippen molar-refractivity contribution in [2.45, 2.75) is 41.4 Å². The Morgan fingerprint density at radius 3 is 2.80 bits per heavy atom. The molecule has 0 radical (unpaired) electrons. The van der Waals surface area contributed by atoms with E-state index in [1.165, 1.54) is 16.2 Å². The standard InChI is InChI=1S/C20H18ClNO2S/c21-14-7-9-15(10-8-14)25-20-17-5-1-2-11-22(17)16-6-3-4-13(19(16)20)12-18(23)24/h1-2,5,7-11,13H,3-4,6,12H2,(H,23,24). The summed E-state index contributed by atoms with van der Waals surface area (Å²) in [5.41, 5.74) is 3.65. The molecule has 1 aliphatic carbocycles. The van der Waals surface area contributed by atoms with Crippen molar-refractivity contribution in [3.05, 3.63) is 64.9 Å². The van der Waals surface area contributed by atoms with Crippen molar-refractivity contribution in [1.29, 1.82) is 0 Å². The van der Waals surface area contributed by atoms with Crippen molar-refractivity contribution in [3.63, 3.8) is 0 Å². The summed E-state index contributed by atoms with van der Waals surface area (Å²) >= 11 is 7.71. The Morgan fingerprint density at radius 2 is 2.04 bits per heavy atom. The maximum Gasteiger partial charge on any atom is 0.303 e. The van der Waals surface area contributed by atoms with Crippen LogP contribution in [0.3, 0.4) is 0 Å². The highest BCUT2D eigenvalue weighted by Crippen LogP contribution is 2.46. The molecule has 2 aromatic heterocycles. The van der Waals surface area contributed by atoms with E-state index >= 15 is 0 Å². The molecule has 4 rings (SSSR count). The predicted octanol–water partition coefficient (Wildman–Crippen LogP) is 5.64. The van der Waals surface area contributed by atoms with Crippen molar-refractivity contribution >= 4 is 34.8 Å². The van der Waals surface area contributed by atoms with Crippen molar-refractivity contribution in [2.24, 2.45) is 0 Å². The number of hydrogen-bond acceptors (Lipinski definition) is 2. The van der Waals surface area contributed by atoms with Gasteiger partial charge < -0.3 is 9.51 Å². The summed E-state index contributed by atoms with van der Waals surface area (Å²) in [6.45, 7) is 0. The highest BCUT2D eigenvalue weighted by atomic mass is 35.5. The Morgan fingerprint density at radius 1 is 1.24 bits per heavy atom. The van der Waals surface area contributed by atoms with E-state index in [9.17, 15) is 9.90 Å².